The van der Waals surface area contributed by atoms with Crippen LogP contribution < -0.4 is 0 Å². The van der Waals surface area contributed by atoms with Crippen LogP contribution in [-0.2, 0) is 12.8 Å². The van der Waals surface area contributed by atoms with E-state index in [1.54, 1.807) is 0 Å². The average molecular weight is 269 g/mol. The van der Waals surface area contributed by atoms with Gasteiger partial charge in [0, 0.05) is 5.56 Å². The van der Waals surface area contributed by atoms with Crippen LogP contribution in [-0.4, -0.2) is 10.6 Å². The predicted molar refractivity (Wildman–Crippen MR) is 67.9 cm³/mol. The van der Waals surface area contributed by atoms with E-state index in [4.69, 9.17) is 0 Å². The van der Waals surface area contributed by atoms with Gasteiger partial charge in [0.2, 0.25) is 0 Å². The summed E-state index contributed by atoms with van der Waals surface area (Å²) in [6.07, 6.45) is 1.91. The fraction of sp³-hybridized carbons (Fsp3) is 0.462. The van der Waals surface area contributed by atoms with E-state index >= 15 is 0 Å². The number of benzene rings is 1. The minimum absolute atomic E-state index is 0.102. The van der Waals surface area contributed by atoms with Gasteiger partial charge >= 0.3 is 0 Å². The number of aryl methyl sites for hydroxylation is 1. The van der Waals surface area contributed by atoms with Crippen molar-refractivity contribution >= 4 is 21.7 Å². The van der Waals surface area contributed by atoms with Crippen molar-refractivity contribution in [3.05, 3.63) is 34.9 Å². The fourth-order valence-electron chi connectivity index (χ4n) is 1.83. The number of alkyl halides is 1. The van der Waals surface area contributed by atoms with E-state index in [1.807, 2.05) is 19.1 Å². The first-order valence-corrected chi connectivity index (χ1v) is 6.32. The Hall–Kier alpha value is -0.630. The normalized spacial score (nSPS) is 12.5. The highest BCUT2D eigenvalue weighted by Gasteiger charge is 2.16. The Labute approximate surface area is 100 Å². The number of rotatable bonds is 4. The zero-order valence-corrected chi connectivity index (χ0v) is 11.1. The van der Waals surface area contributed by atoms with Crippen LogP contribution in [0.3, 0.4) is 0 Å². The SMILES string of the molecule is CCc1cccc(C(=O)C(C)Br)c1CC. The van der Waals surface area contributed by atoms with Gasteiger partial charge < -0.3 is 0 Å². The zero-order chi connectivity index (χ0) is 11.4. The summed E-state index contributed by atoms with van der Waals surface area (Å²) < 4.78 is 0. The lowest BCUT2D eigenvalue weighted by Crippen LogP contribution is -2.13. The molecule has 15 heavy (non-hydrogen) atoms. The van der Waals surface area contributed by atoms with Gasteiger partial charge in [-0.2, -0.15) is 0 Å². The first-order chi connectivity index (χ1) is 7.11. The maximum absolute atomic E-state index is 11.9. The molecule has 0 N–H and O–H groups in total. The molecule has 0 bridgehead atoms. The average Bonchev–Trinajstić information content (AvgIpc) is 2.26. The Balaban J connectivity index is 3.23. The number of hydrogen-bond acceptors (Lipinski definition) is 1. The quantitative estimate of drug-likeness (QED) is 0.600. The van der Waals surface area contributed by atoms with Gasteiger partial charge in [-0.05, 0) is 30.9 Å². The molecule has 0 amide bonds. The number of carbonyl (C=O) groups is 1. The van der Waals surface area contributed by atoms with Gasteiger partial charge in [0.1, 0.15) is 0 Å². The first kappa shape index (κ1) is 12.4. The topological polar surface area (TPSA) is 17.1 Å². The Kier molecular flexibility index (Phi) is 4.52. The van der Waals surface area contributed by atoms with E-state index in [-0.39, 0.29) is 10.6 Å². The fourth-order valence-corrected chi connectivity index (χ4v) is 2.08. The summed E-state index contributed by atoms with van der Waals surface area (Å²) in [5, 5.41) is 0. The van der Waals surface area contributed by atoms with Crippen LogP contribution in [0.4, 0.5) is 0 Å². The highest BCUT2D eigenvalue weighted by atomic mass is 79.9. The number of Topliss-reactive ketones (excluding diaryl/α,β-unsaturated/α-hetero) is 1. The van der Waals surface area contributed by atoms with Gasteiger partial charge in [0.05, 0.1) is 4.83 Å². The second-order valence-corrected chi connectivity index (χ2v) is 5.00. The van der Waals surface area contributed by atoms with Gasteiger partial charge in [0.15, 0.2) is 5.78 Å². The molecule has 0 saturated heterocycles. The molecule has 1 rings (SSSR count). The first-order valence-electron chi connectivity index (χ1n) is 5.40. The lowest BCUT2D eigenvalue weighted by atomic mass is 9.94. The van der Waals surface area contributed by atoms with Crippen LogP contribution >= 0.6 is 15.9 Å². The maximum atomic E-state index is 11.9. The summed E-state index contributed by atoms with van der Waals surface area (Å²) in [5.74, 6) is 0.183. The largest absolute Gasteiger partial charge is 0.293 e. The summed E-state index contributed by atoms with van der Waals surface area (Å²) in [6.45, 7) is 6.10. The standard InChI is InChI=1S/C13H17BrO/c1-4-10-7-6-8-12(11(10)5-2)13(15)9(3)14/h6-9H,4-5H2,1-3H3. The molecular weight excluding hydrogens is 252 g/mol. The van der Waals surface area contributed by atoms with Gasteiger partial charge in [-0.3, -0.25) is 4.79 Å². The molecule has 0 radical (unpaired) electrons. The van der Waals surface area contributed by atoms with Crippen molar-refractivity contribution in [1.82, 2.24) is 0 Å². The molecular formula is C13H17BrO. The van der Waals surface area contributed by atoms with Gasteiger partial charge in [-0.1, -0.05) is 48.0 Å². The predicted octanol–water partition coefficient (Wildman–Crippen LogP) is 3.78. The van der Waals surface area contributed by atoms with Crippen molar-refractivity contribution in [1.29, 1.82) is 0 Å². The maximum Gasteiger partial charge on any atom is 0.176 e. The summed E-state index contributed by atoms with van der Waals surface area (Å²) in [6, 6.07) is 6.01. The van der Waals surface area contributed by atoms with E-state index in [0.29, 0.717) is 0 Å². The van der Waals surface area contributed by atoms with E-state index in [2.05, 4.69) is 35.8 Å². The van der Waals surface area contributed by atoms with Crippen LogP contribution in [0, 0.1) is 0 Å². The van der Waals surface area contributed by atoms with E-state index in [0.717, 1.165) is 18.4 Å². The Morgan fingerprint density at radius 2 is 2.00 bits per heavy atom. The molecule has 0 aromatic heterocycles. The molecule has 1 atom stereocenters. The molecule has 1 nitrogen and oxygen atoms in total. The third-order valence-corrected chi connectivity index (χ3v) is 3.05. The highest BCUT2D eigenvalue weighted by Crippen LogP contribution is 2.20. The molecule has 2 heteroatoms. The number of ketones is 1. The van der Waals surface area contributed by atoms with Crippen molar-refractivity contribution in [3.63, 3.8) is 0 Å². The van der Waals surface area contributed by atoms with Gasteiger partial charge in [0.25, 0.3) is 0 Å². The van der Waals surface area contributed by atoms with Crippen molar-refractivity contribution in [3.8, 4) is 0 Å². The van der Waals surface area contributed by atoms with E-state index < -0.39 is 0 Å². The van der Waals surface area contributed by atoms with Crippen LogP contribution in [0.2, 0.25) is 0 Å². The third-order valence-electron chi connectivity index (χ3n) is 2.63. The summed E-state index contributed by atoms with van der Waals surface area (Å²) in [7, 11) is 0. The van der Waals surface area contributed by atoms with Crippen molar-refractivity contribution < 1.29 is 4.79 Å². The van der Waals surface area contributed by atoms with E-state index in [9.17, 15) is 4.79 Å². The smallest absolute Gasteiger partial charge is 0.176 e. The van der Waals surface area contributed by atoms with Crippen LogP contribution in [0.25, 0.3) is 0 Å². The molecule has 0 heterocycles. The molecule has 0 saturated carbocycles. The minimum atomic E-state index is -0.102. The molecule has 0 spiro atoms. The van der Waals surface area contributed by atoms with Gasteiger partial charge in [-0.15, -0.1) is 0 Å². The molecule has 1 aromatic rings. The van der Waals surface area contributed by atoms with Crippen molar-refractivity contribution in [2.24, 2.45) is 0 Å². The number of hydrogen-bond donors (Lipinski definition) is 0. The molecule has 0 aliphatic carbocycles. The second kappa shape index (κ2) is 5.45. The van der Waals surface area contributed by atoms with Crippen molar-refractivity contribution in [2.75, 3.05) is 0 Å². The lowest BCUT2D eigenvalue weighted by Gasteiger charge is -2.12. The summed E-state index contributed by atoms with van der Waals surface area (Å²) in [5.41, 5.74) is 3.37. The zero-order valence-electron chi connectivity index (χ0n) is 9.51. The lowest BCUT2D eigenvalue weighted by molar-refractivity contribution is 0.0995. The summed E-state index contributed by atoms with van der Waals surface area (Å²) >= 11 is 3.34. The van der Waals surface area contributed by atoms with Crippen LogP contribution in [0.1, 0.15) is 42.3 Å². The third kappa shape index (κ3) is 2.69. The second-order valence-electron chi connectivity index (χ2n) is 3.63. The van der Waals surface area contributed by atoms with Crippen molar-refractivity contribution in [2.45, 2.75) is 38.4 Å². The molecule has 0 aliphatic heterocycles. The summed E-state index contributed by atoms with van der Waals surface area (Å²) in [4.78, 5) is 11.8. The number of carbonyl (C=O) groups excluding carboxylic acids is 1. The van der Waals surface area contributed by atoms with Gasteiger partial charge in [-0.25, -0.2) is 0 Å². The van der Waals surface area contributed by atoms with Crippen LogP contribution in [0.5, 0.6) is 0 Å². The Morgan fingerprint density at radius 3 is 2.47 bits per heavy atom. The van der Waals surface area contributed by atoms with Crippen LogP contribution in [0.15, 0.2) is 18.2 Å². The number of halogens is 1. The molecule has 82 valence electrons. The minimum Gasteiger partial charge on any atom is -0.293 e. The molecule has 1 aromatic carbocycles. The molecule has 0 aliphatic rings. The monoisotopic (exact) mass is 268 g/mol. The Morgan fingerprint density at radius 1 is 1.33 bits per heavy atom. The Bertz CT molecular complexity index is 356. The van der Waals surface area contributed by atoms with E-state index in [1.165, 1.54) is 11.1 Å². The molecule has 1 unspecified atom stereocenters. The highest BCUT2D eigenvalue weighted by molar-refractivity contribution is 9.10. The molecule has 0 fully saturated rings.